The van der Waals surface area contributed by atoms with Gasteiger partial charge in [0.2, 0.25) is 0 Å². The number of nitrogens with zero attached hydrogens (tertiary/aromatic N) is 2. The van der Waals surface area contributed by atoms with Crippen molar-refractivity contribution in [1.29, 1.82) is 0 Å². The monoisotopic (exact) mass is 197 g/mol. The Morgan fingerprint density at radius 2 is 2.38 bits per heavy atom. The molecular formula is C8H8ClN3O. The van der Waals surface area contributed by atoms with E-state index in [4.69, 9.17) is 11.6 Å². The summed E-state index contributed by atoms with van der Waals surface area (Å²) in [4.78, 5) is 18.5. The molecule has 0 aliphatic carbocycles. The van der Waals surface area contributed by atoms with Crippen LogP contribution in [-0.4, -0.2) is 22.3 Å². The highest BCUT2D eigenvalue weighted by Gasteiger charge is 2.31. The molecule has 1 aliphatic rings. The molecule has 0 fully saturated rings. The molecule has 2 heterocycles. The Labute approximate surface area is 80.3 Å². The van der Waals surface area contributed by atoms with Crippen molar-refractivity contribution in [2.24, 2.45) is 0 Å². The second-order valence-electron chi connectivity index (χ2n) is 3.02. The second-order valence-corrected chi connectivity index (χ2v) is 3.38. The molecule has 13 heavy (non-hydrogen) atoms. The number of hydrogen-bond donors (Lipinski definition) is 1. The molecule has 5 heteroatoms. The van der Waals surface area contributed by atoms with Gasteiger partial charge in [-0.1, -0.05) is 18.5 Å². The van der Waals surface area contributed by atoms with Crippen LogP contribution < -0.4 is 5.32 Å². The summed E-state index contributed by atoms with van der Waals surface area (Å²) in [5.74, 6) is 0.714. The van der Waals surface area contributed by atoms with Crippen LogP contribution in [-0.2, 0) is 4.79 Å². The van der Waals surface area contributed by atoms with Gasteiger partial charge in [-0.15, -0.1) is 0 Å². The zero-order valence-electron chi connectivity index (χ0n) is 6.99. The lowest BCUT2D eigenvalue weighted by Gasteiger charge is -2.07. The number of carbonyl (C=O) groups excluding carboxylic acids is 1. The van der Waals surface area contributed by atoms with Crippen LogP contribution in [0.3, 0.4) is 0 Å². The first-order valence-electron chi connectivity index (χ1n) is 3.96. The van der Waals surface area contributed by atoms with Crippen molar-refractivity contribution in [3.8, 4) is 0 Å². The normalized spacial score (nSPS) is 25.1. The zero-order chi connectivity index (χ0) is 9.42. The van der Waals surface area contributed by atoms with Gasteiger partial charge in [-0.05, 0) is 0 Å². The molecule has 2 atom stereocenters. The van der Waals surface area contributed by atoms with Gasteiger partial charge >= 0.3 is 0 Å². The van der Waals surface area contributed by atoms with Gasteiger partial charge in [-0.25, -0.2) is 9.97 Å². The molecule has 68 valence electrons. The highest BCUT2D eigenvalue weighted by Crippen LogP contribution is 2.36. The van der Waals surface area contributed by atoms with E-state index in [1.165, 1.54) is 6.33 Å². The van der Waals surface area contributed by atoms with Crippen LogP contribution in [0.15, 0.2) is 6.33 Å². The van der Waals surface area contributed by atoms with Gasteiger partial charge in [0, 0.05) is 11.5 Å². The Hall–Kier alpha value is -1.16. The van der Waals surface area contributed by atoms with Crippen molar-refractivity contribution in [2.45, 2.75) is 18.9 Å². The molecule has 0 radical (unpaired) electrons. The maximum Gasteiger partial charge on any atom is 0.142 e. The molecule has 2 rings (SSSR count). The van der Waals surface area contributed by atoms with Crippen LogP contribution in [0.25, 0.3) is 0 Å². The average molecular weight is 198 g/mol. The summed E-state index contributed by atoms with van der Waals surface area (Å²) in [6.07, 6.45) is 2.25. The summed E-state index contributed by atoms with van der Waals surface area (Å²) in [6.45, 7) is 1.92. The molecule has 0 spiro atoms. The fraction of sp³-hybridized carbons (Fsp3) is 0.375. The van der Waals surface area contributed by atoms with E-state index in [0.29, 0.717) is 11.0 Å². The van der Waals surface area contributed by atoms with Gasteiger partial charge in [0.15, 0.2) is 0 Å². The lowest BCUT2D eigenvalue weighted by atomic mass is 10.0. The highest BCUT2D eigenvalue weighted by molar-refractivity contribution is 6.30. The molecule has 1 aromatic heterocycles. The first kappa shape index (κ1) is 8.44. The van der Waals surface area contributed by atoms with Crippen molar-refractivity contribution < 1.29 is 4.79 Å². The summed E-state index contributed by atoms with van der Waals surface area (Å²) >= 11 is 5.88. The Morgan fingerprint density at radius 1 is 1.62 bits per heavy atom. The van der Waals surface area contributed by atoms with Crippen molar-refractivity contribution in [3.05, 3.63) is 17.0 Å². The van der Waals surface area contributed by atoms with Crippen molar-refractivity contribution in [3.63, 3.8) is 0 Å². The summed E-state index contributed by atoms with van der Waals surface area (Å²) in [5.41, 5.74) is 0.835. The number of carbonyl (C=O) groups is 1. The number of nitrogens with one attached hydrogen (secondary N) is 1. The zero-order valence-corrected chi connectivity index (χ0v) is 7.75. The summed E-state index contributed by atoms with van der Waals surface area (Å²) in [7, 11) is 0. The van der Waals surface area contributed by atoms with Crippen LogP contribution in [0.4, 0.5) is 5.82 Å². The maximum absolute atomic E-state index is 10.6. The van der Waals surface area contributed by atoms with Gasteiger partial charge in [-0.3, -0.25) is 0 Å². The Balaban J connectivity index is 2.50. The summed E-state index contributed by atoms with van der Waals surface area (Å²) < 4.78 is 0. The molecular weight excluding hydrogens is 190 g/mol. The molecule has 0 bridgehead atoms. The fourth-order valence-electron chi connectivity index (χ4n) is 1.51. The topological polar surface area (TPSA) is 54.9 Å². The lowest BCUT2D eigenvalue weighted by molar-refractivity contribution is -0.108. The molecule has 1 aliphatic heterocycles. The third-order valence-corrected chi connectivity index (χ3v) is 2.58. The van der Waals surface area contributed by atoms with E-state index >= 15 is 0 Å². The average Bonchev–Trinajstić information content (AvgIpc) is 2.44. The standard InChI is InChI=1S/C8H8ClN3O/c1-4-5(2-13)12-8-6(4)7(9)10-3-11-8/h2-5H,1H3,(H,10,11,12). The number of rotatable bonds is 1. The molecule has 2 unspecified atom stereocenters. The van der Waals surface area contributed by atoms with Gasteiger partial charge in [0.25, 0.3) is 0 Å². The first-order chi connectivity index (χ1) is 6.24. The number of aldehydes is 1. The third-order valence-electron chi connectivity index (χ3n) is 2.28. The minimum Gasteiger partial charge on any atom is -0.360 e. The first-order valence-corrected chi connectivity index (χ1v) is 4.34. The molecule has 0 saturated carbocycles. The Morgan fingerprint density at radius 3 is 3.00 bits per heavy atom. The minimum atomic E-state index is -0.232. The summed E-state index contributed by atoms with van der Waals surface area (Å²) in [6, 6.07) is -0.232. The molecule has 0 saturated heterocycles. The Kier molecular flexibility index (Phi) is 1.92. The lowest BCUT2D eigenvalue weighted by Crippen LogP contribution is -2.20. The molecule has 1 N–H and O–H groups in total. The van der Waals surface area contributed by atoms with E-state index in [9.17, 15) is 4.79 Å². The highest BCUT2D eigenvalue weighted by atomic mass is 35.5. The van der Waals surface area contributed by atoms with E-state index in [0.717, 1.165) is 11.8 Å². The second kappa shape index (κ2) is 2.96. The van der Waals surface area contributed by atoms with Crippen LogP contribution in [0, 0.1) is 0 Å². The van der Waals surface area contributed by atoms with Crippen LogP contribution in [0.5, 0.6) is 0 Å². The predicted octanol–water partition coefficient (Wildman–Crippen LogP) is 1.23. The van der Waals surface area contributed by atoms with Gasteiger partial charge in [0.1, 0.15) is 23.6 Å². The van der Waals surface area contributed by atoms with Gasteiger partial charge < -0.3 is 10.1 Å². The van der Waals surface area contributed by atoms with Crippen LogP contribution >= 0.6 is 11.6 Å². The van der Waals surface area contributed by atoms with E-state index in [1.54, 1.807) is 0 Å². The smallest absolute Gasteiger partial charge is 0.142 e. The van der Waals surface area contributed by atoms with E-state index < -0.39 is 0 Å². The number of anilines is 1. The largest absolute Gasteiger partial charge is 0.360 e. The van der Waals surface area contributed by atoms with Crippen molar-refractivity contribution in [2.75, 3.05) is 5.32 Å². The number of aromatic nitrogens is 2. The minimum absolute atomic E-state index is 0.0428. The number of fused-ring (bicyclic) bond motifs is 1. The predicted molar refractivity (Wildman–Crippen MR) is 48.9 cm³/mol. The molecule has 4 nitrogen and oxygen atoms in total. The van der Waals surface area contributed by atoms with Crippen LogP contribution in [0.2, 0.25) is 5.15 Å². The van der Waals surface area contributed by atoms with E-state index in [1.807, 2.05) is 6.92 Å². The number of halogens is 1. The van der Waals surface area contributed by atoms with E-state index in [2.05, 4.69) is 15.3 Å². The third kappa shape index (κ3) is 1.18. The van der Waals surface area contributed by atoms with Gasteiger partial charge in [0.05, 0.1) is 6.04 Å². The van der Waals surface area contributed by atoms with E-state index in [-0.39, 0.29) is 12.0 Å². The van der Waals surface area contributed by atoms with Crippen molar-refractivity contribution >= 4 is 23.7 Å². The SMILES string of the molecule is CC1c2c(Cl)ncnc2NC1C=O. The van der Waals surface area contributed by atoms with Gasteiger partial charge in [-0.2, -0.15) is 0 Å². The summed E-state index contributed by atoms with van der Waals surface area (Å²) in [5, 5.41) is 3.40. The molecule has 0 aromatic carbocycles. The number of hydrogen-bond acceptors (Lipinski definition) is 4. The molecule has 1 aromatic rings. The fourth-order valence-corrected chi connectivity index (χ4v) is 1.81. The van der Waals surface area contributed by atoms with Crippen molar-refractivity contribution in [1.82, 2.24) is 9.97 Å². The Bertz CT molecular complexity index is 355. The quantitative estimate of drug-likeness (QED) is 0.544. The maximum atomic E-state index is 10.6. The molecule has 0 amide bonds. The van der Waals surface area contributed by atoms with Crippen LogP contribution in [0.1, 0.15) is 18.4 Å².